The van der Waals surface area contributed by atoms with E-state index in [-0.39, 0.29) is 17.7 Å². The van der Waals surface area contributed by atoms with Gasteiger partial charge in [-0.1, -0.05) is 36.8 Å². The van der Waals surface area contributed by atoms with Crippen LogP contribution in [0.15, 0.2) is 42.5 Å². The molecule has 0 bridgehead atoms. The summed E-state index contributed by atoms with van der Waals surface area (Å²) in [6.45, 7) is 4.49. The number of nitrogens with zero attached hydrogens (tertiary/aromatic N) is 3. The second-order valence-corrected chi connectivity index (χ2v) is 8.93. The number of benzene rings is 1. The maximum atomic E-state index is 13.3. The van der Waals surface area contributed by atoms with E-state index < -0.39 is 5.97 Å². The van der Waals surface area contributed by atoms with Crippen LogP contribution in [-0.2, 0) is 4.79 Å². The van der Waals surface area contributed by atoms with Crippen LogP contribution in [0.25, 0.3) is 0 Å². The first-order chi connectivity index (χ1) is 14.5. The minimum Gasteiger partial charge on any atom is -0.477 e. The van der Waals surface area contributed by atoms with Crippen molar-refractivity contribution in [2.45, 2.75) is 32.2 Å². The van der Waals surface area contributed by atoms with E-state index in [1.807, 2.05) is 12.1 Å². The molecule has 1 aromatic heterocycles. The molecule has 3 heterocycles. The number of amides is 1. The van der Waals surface area contributed by atoms with Gasteiger partial charge in [-0.05, 0) is 43.0 Å². The fraction of sp³-hybridized carbons (Fsp3) is 0.458. The van der Waals surface area contributed by atoms with Crippen molar-refractivity contribution in [3.8, 4) is 0 Å². The topological polar surface area (TPSA) is 73.7 Å². The number of anilines is 1. The molecule has 1 saturated carbocycles. The highest BCUT2D eigenvalue weighted by Crippen LogP contribution is 2.48. The molecule has 2 saturated heterocycles. The van der Waals surface area contributed by atoms with Crippen molar-refractivity contribution in [3.05, 3.63) is 59.3 Å². The molecule has 0 spiro atoms. The standard InChI is InChI=1S/C24H27N3O3/c1-15-6-2-3-9-18(15)22-19-14-26(21-11-5-10-20(25-21)24(29)30)12-17(19)13-27(22)23(28)16-7-4-8-16/h2-3,5-6,9-11,16-17,19,22H,4,7-8,12-14H2,1H3,(H,29,30)/t17-,19-,22+/m0/s1. The lowest BCUT2D eigenvalue weighted by atomic mass is 9.83. The fourth-order valence-electron chi connectivity index (χ4n) is 5.38. The minimum absolute atomic E-state index is 0.0711. The average Bonchev–Trinajstić information content (AvgIpc) is 3.25. The van der Waals surface area contributed by atoms with Crippen molar-refractivity contribution in [2.75, 3.05) is 24.5 Å². The van der Waals surface area contributed by atoms with Crippen LogP contribution in [0.4, 0.5) is 5.82 Å². The van der Waals surface area contributed by atoms with E-state index in [2.05, 4.69) is 39.9 Å². The Kier molecular flexibility index (Phi) is 4.72. The zero-order valence-electron chi connectivity index (χ0n) is 17.2. The van der Waals surface area contributed by atoms with Crippen molar-refractivity contribution in [2.24, 2.45) is 17.8 Å². The number of hydrogen-bond donors (Lipinski definition) is 1. The van der Waals surface area contributed by atoms with E-state index in [0.29, 0.717) is 23.6 Å². The Morgan fingerprint density at radius 2 is 1.83 bits per heavy atom. The van der Waals surface area contributed by atoms with Gasteiger partial charge in [0.05, 0.1) is 6.04 Å². The number of aromatic nitrogens is 1. The van der Waals surface area contributed by atoms with Crippen molar-refractivity contribution >= 4 is 17.7 Å². The van der Waals surface area contributed by atoms with Gasteiger partial charge in [0.1, 0.15) is 5.82 Å². The van der Waals surface area contributed by atoms with Gasteiger partial charge in [-0.15, -0.1) is 0 Å². The number of rotatable bonds is 4. The smallest absolute Gasteiger partial charge is 0.354 e. The number of carbonyl (C=O) groups is 2. The third kappa shape index (κ3) is 3.15. The number of aryl methyl sites for hydroxylation is 1. The van der Waals surface area contributed by atoms with Gasteiger partial charge < -0.3 is 14.9 Å². The fourth-order valence-corrected chi connectivity index (χ4v) is 5.38. The lowest BCUT2D eigenvalue weighted by Crippen LogP contribution is -2.41. The number of carboxylic acid groups (broad SMARTS) is 1. The molecule has 3 atom stereocenters. The number of carbonyl (C=O) groups excluding carboxylic acids is 1. The number of fused-ring (bicyclic) bond motifs is 1. The second kappa shape index (κ2) is 7.42. The first-order valence-electron chi connectivity index (χ1n) is 10.8. The Labute approximate surface area is 176 Å². The van der Waals surface area contributed by atoms with E-state index in [9.17, 15) is 14.7 Å². The highest BCUT2D eigenvalue weighted by atomic mass is 16.4. The van der Waals surface area contributed by atoms with Crippen molar-refractivity contribution in [1.29, 1.82) is 0 Å². The normalized spacial score (nSPS) is 25.8. The monoisotopic (exact) mass is 405 g/mol. The van der Waals surface area contributed by atoms with Crippen molar-refractivity contribution in [1.82, 2.24) is 9.88 Å². The van der Waals surface area contributed by atoms with E-state index >= 15 is 0 Å². The molecule has 0 radical (unpaired) electrons. The average molecular weight is 405 g/mol. The molecule has 30 heavy (non-hydrogen) atoms. The molecule has 1 amide bonds. The highest BCUT2D eigenvalue weighted by molar-refractivity contribution is 5.85. The summed E-state index contributed by atoms with van der Waals surface area (Å²) in [5.41, 5.74) is 2.53. The molecule has 1 aromatic carbocycles. The third-order valence-electron chi connectivity index (χ3n) is 7.19. The van der Waals surface area contributed by atoms with E-state index in [0.717, 1.165) is 38.9 Å². The second-order valence-electron chi connectivity index (χ2n) is 8.93. The number of pyridine rings is 1. The van der Waals surface area contributed by atoms with Crippen LogP contribution in [0.5, 0.6) is 0 Å². The van der Waals surface area contributed by atoms with Gasteiger partial charge in [-0.2, -0.15) is 0 Å². The van der Waals surface area contributed by atoms with Crippen LogP contribution in [0.2, 0.25) is 0 Å². The van der Waals surface area contributed by atoms with Gasteiger partial charge in [0.15, 0.2) is 5.69 Å². The minimum atomic E-state index is -1.01. The molecule has 1 aliphatic carbocycles. The van der Waals surface area contributed by atoms with Crippen molar-refractivity contribution < 1.29 is 14.7 Å². The first-order valence-corrected chi connectivity index (χ1v) is 10.8. The molecule has 3 fully saturated rings. The van der Waals surface area contributed by atoms with E-state index in [4.69, 9.17) is 0 Å². The summed E-state index contributed by atoms with van der Waals surface area (Å²) < 4.78 is 0. The quantitative estimate of drug-likeness (QED) is 0.842. The maximum Gasteiger partial charge on any atom is 0.354 e. The third-order valence-corrected chi connectivity index (χ3v) is 7.19. The maximum absolute atomic E-state index is 13.3. The van der Waals surface area contributed by atoms with Gasteiger partial charge in [0, 0.05) is 37.4 Å². The predicted molar refractivity (Wildman–Crippen MR) is 113 cm³/mol. The summed E-state index contributed by atoms with van der Waals surface area (Å²) >= 11 is 0. The Hall–Kier alpha value is -2.89. The molecule has 2 aromatic rings. The molecule has 156 valence electrons. The molecular weight excluding hydrogens is 378 g/mol. The zero-order valence-corrected chi connectivity index (χ0v) is 17.2. The molecule has 6 heteroatoms. The molecule has 0 unspecified atom stereocenters. The van der Waals surface area contributed by atoms with Crippen LogP contribution in [0.1, 0.15) is 46.9 Å². The summed E-state index contributed by atoms with van der Waals surface area (Å²) in [5, 5.41) is 9.29. The number of likely N-dealkylation sites (tertiary alicyclic amines) is 1. The van der Waals surface area contributed by atoms with Crippen LogP contribution in [-0.4, -0.2) is 46.5 Å². The number of hydrogen-bond acceptors (Lipinski definition) is 4. The Balaban J connectivity index is 1.45. The molecule has 2 aliphatic heterocycles. The summed E-state index contributed by atoms with van der Waals surface area (Å²) in [6.07, 6.45) is 3.19. The van der Waals surface area contributed by atoms with Crippen molar-refractivity contribution in [3.63, 3.8) is 0 Å². The summed E-state index contributed by atoms with van der Waals surface area (Å²) in [5.74, 6) is 0.914. The largest absolute Gasteiger partial charge is 0.477 e. The SMILES string of the molecule is Cc1ccccc1[C@@H]1[C@H]2CN(c3cccc(C(=O)O)n3)C[C@H]2CN1C(=O)C1CCC1. The van der Waals surface area contributed by atoms with Crippen LogP contribution >= 0.6 is 0 Å². The summed E-state index contributed by atoms with van der Waals surface area (Å²) in [4.78, 5) is 33.3. The number of carboxylic acids is 1. The zero-order chi connectivity index (χ0) is 20.8. The molecule has 5 rings (SSSR count). The Morgan fingerprint density at radius 3 is 2.53 bits per heavy atom. The highest BCUT2D eigenvalue weighted by Gasteiger charge is 2.50. The van der Waals surface area contributed by atoms with Gasteiger partial charge in [-0.25, -0.2) is 9.78 Å². The Morgan fingerprint density at radius 1 is 1.03 bits per heavy atom. The summed E-state index contributed by atoms with van der Waals surface area (Å²) in [7, 11) is 0. The molecule has 3 aliphatic rings. The Bertz CT molecular complexity index is 987. The lowest BCUT2D eigenvalue weighted by Gasteiger charge is -2.36. The van der Waals surface area contributed by atoms with Crippen LogP contribution in [0.3, 0.4) is 0 Å². The molecule has 6 nitrogen and oxygen atoms in total. The van der Waals surface area contributed by atoms with Gasteiger partial charge >= 0.3 is 5.97 Å². The lowest BCUT2D eigenvalue weighted by molar-refractivity contribution is -0.139. The van der Waals surface area contributed by atoms with Gasteiger partial charge in [-0.3, -0.25) is 4.79 Å². The van der Waals surface area contributed by atoms with Gasteiger partial charge in [0.25, 0.3) is 0 Å². The molecular formula is C24H27N3O3. The van der Waals surface area contributed by atoms with E-state index in [1.165, 1.54) is 17.2 Å². The van der Waals surface area contributed by atoms with E-state index in [1.54, 1.807) is 6.07 Å². The predicted octanol–water partition coefficient (Wildman–Crippen LogP) is 3.52. The first kappa shape index (κ1) is 19.1. The van der Waals surface area contributed by atoms with Gasteiger partial charge in [0.2, 0.25) is 5.91 Å². The van der Waals surface area contributed by atoms with Crippen LogP contribution < -0.4 is 4.90 Å². The number of aromatic carboxylic acids is 1. The summed E-state index contributed by atoms with van der Waals surface area (Å²) in [6, 6.07) is 13.6. The molecule has 1 N–H and O–H groups in total. The van der Waals surface area contributed by atoms with Crippen LogP contribution in [0, 0.1) is 24.7 Å².